The van der Waals surface area contributed by atoms with Crippen molar-refractivity contribution < 1.29 is 9.59 Å². The Morgan fingerprint density at radius 2 is 1.93 bits per heavy atom. The summed E-state index contributed by atoms with van der Waals surface area (Å²) in [6, 6.07) is 3.68. The maximum absolute atomic E-state index is 13.2. The third-order valence-electron chi connectivity index (χ3n) is 5.92. The van der Waals surface area contributed by atoms with Crippen molar-refractivity contribution in [1.82, 2.24) is 29.3 Å². The highest BCUT2D eigenvalue weighted by Gasteiger charge is 2.34. The van der Waals surface area contributed by atoms with Gasteiger partial charge in [-0.15, -0.1) is 5.10 Å². The molecular formula is C21H28N6O2S. The molecule has 4 rings (SSSR count). The number of aryl methyl sites for hydroxylation is 1. The summed E-state index contributed by atoms with van der Waals surface area (Å²) in [5, 5.41) is 4.14. The zero-order chi connectivity index (χ0) is 21.1. The van der Waals surface area contributed by atoms with Crippen LogP contribution in [-0.4, -0.2) is 80.9 Å². The molecule has 9 heteroatoms. The van der Waals surface area contributed by atoms with E-state index in [1.54, 1.807) is 6.20 Å². The summed E-state index contributed by atoms with van der Waals surface area (Å²) in [6.45, 7) is 6.04. The average molecular weight is 429 g/mol. The summed E-state index contributed by atoms with van der Waals surface area (Å²) in [5.41, 5.74) is 2.24. The van der Waals surface area contributed by atoms with Gasteiger partial charge >= 0.3 is 0 Å². The molecule has 0 saturated carbocycles. The maximum atomic E-state index is 13.2. The first-order valence-corrected chi connectivity index (χ1v) is 11.4. The number of carbonyl (C=O) groups is 2. The van der Waals surface area contributed by atoms with Crippen LogP contribution >= 0.6 is 11.5 Å². The summed E-state index contributed by atoms with van der Waals surface area (Å²) in [4.78, 5) is 37.1. The lowest BCUT2D eigenvalue weighted by molar-refractivity contribution is 0.0662. The topological polar surface area (TPSA) is 82.5 Å². The van der Waals surface area contributed by atoms with Gasteiger partial charge < -0.3 is 14.7 Å². The molecule has 2 aliphatic rings. The van der Waals surface area contributed by atoms with Gasteiger partial charge in [0.05, 0.1) is 23.0 Å². The molecule has 2 aromatic rings. The molecule has 0 aromatic carbocycles. The molecule has 0 spiro atoms. The second kappa shape index (κ2) is 9.18. The molecule has 2 aliphatic heterocycles. The Hall–Kier alpha value is -2.39. The first kappa shape index (κ1) is 20.9. The first-order chi connectivity index (χ1) is 14.6. The van der Waals surface area contributed by atoms with Crippen LogP contribution in [0.3, 0.4) is 0 Å². The molecule has 0 bridgehead atoms. The Morgan fingerprint density at radius 1 is 1.13 bits per heavy atom. The predicted octanol–water partition coefficient (Wildman–Crippen LogP) is 2.25. The third kappa shape index (κ3) is 4.22. The van der Waals surface area contributed by atoms with Crippen LogP contribution < -0.4 is 0 Å². The van der Waals surface area contributed by atoms with E-state index in [-0.39, 0.29) is 17.9 Å². The van der Waals surface area contributed by atoms with Crippen molar-refractivity contribution in [3.63, 3.8) is 0 Å². The highest BCUT2D eigenvalue weighted by Crippen LogP contribution is 2.33. The van der Waals surface area contributed by atoms with E-state index in [1.165, 1.54) is 11.5 Å². The lowest BCUT2D eigenvalue weighted by Gasteiger charge is -2.32. The van der Waals surface area contributed by atoms with E-state index in [0.29, 0.717) is 17.0 Å². The van der Waals surface area contributed by atoms with Crippen molar-refractivity contribution in [1.29, 1.82) is 0 Å². The molecule has 2 amide bonds. The number of hydrogen-bond donors (Lipinski definition) is 0. The molecule has 4 heterocycles. The molecule has 30 heavy (non-hydrogen) atoms. The van der Waals surface area contributed by atoms with Gasteiger partial charge in [-0.1, -0.05) is 17.8 Å². The number of carbonyl (C=O) groups excluding carboxylic acids is 2. The van der Waals surface area contributed by atoms with E-state index in [2.05, 4.69) is 33.4 Å². The van der Waals surface area contributed by atoms with Crippen LogP contribution in [0.1, 0.15) is 63.6 Å². The molecule has 0 aliphatic carbocycles. The van der Waals surface area contributed by atoms with Gasteiger partial charge in [-0.3, -0.25) is 14.6 Å². The van der Waals surface area contributed by atoms with Crippen LogP contribution in [0.4, 0.5) is 0 Å². The number of likely N-dealkylation sites (tertiary alicyclic amines) is 1. The molecule has 0 radical (unpaired) electrons. The summed E-state index contributed by atoms with van der Waals surface area (Å²) >= 11 is 1.18. The number of likely N-dealkylation sites (N-methyl/N-ethyl adjacent to an activating group) is 1. The minimum atomic E-state index is -0.0677. The fraction of sp³-hybridized carbons (Fsp3) is 0.571. The normalized spacial score (nSPS) is 20.0. The molecule has 0 N–H and O–H groups in total. The van der Waals surface area contributed by atoms with E-state index in [4.69, 9.17) is 0 Å². The van der Waals surface area contributed by atoms with Gasteiger partial charge in [0.25, 0.3) is 11.8 Å². The van der Waals surface area contributed by atoms with Crippen molar-refractivity contribution in [3.8, 4) is 0 Å². The Bertz CT molecular complexity index is 891. The van der Waals surface area contributed by atoms with Crippen molar-refractivity contribution >= 4 is 23.3 Å². The SMILES string of the molecule is CCCc1nnsc1C(=O)N1CCC[C@@H]1c1ccc(C(=O)N2CCN(C)CC2)cn1. The summed E-state index contributed by atoms with van der Waals surface area (Å²) in [5.74, 6) is 0.0248. The number of amides is 2. The second-order valence-electron chi connectivity index (χ2n) is 8.02. The van der Waals surface area contributed by atoms with Crippen LogP contribution in [0.25, 0.3) is 0 Å². The second-order valence-corrected chi connectivity index (χ2v) is 8.78. The number of aromatic nitrogens is 3. The molecule has 0 unspecified atom stereocenters. The number of hydrogen-bond acceptors (Lipinski definition) is 7. The first-order valence-electron chi connectivity index (χ1n) is 10.6. The van der Waals surface area contributed by atoms with Crippen LogP contribution in [0.2, 0.25) is 0 Å². The monoisotopic (exact) mass is 428 g/mol. The molecule has 8 nitrogen and oxygen atoms in total. The lowest BCUT2D eigenvalue weighted by atomic mass is 10.1. The highest BCUT2D eigenvalue weighted by atomic mass is 32.1. The molecule has 160 valence electrons. The number of nitrogens with zero attached hydrogens (tertiary/aromatic N) is 6. The standard InChI is InChI=1S/C21H28N6O2S/c1-3-5-17-19(30-24-23-17)21(29)27-9-4-6-18(27)16-8-7-15(14-22-16)20(28)26-12-10-25(2)11-13-26/h7-8,14,18H,3-6,9-13H2,1-2H3/t18-/m1/s1. The highest BCUT2D eigenvalue weighted by molar-refractivity contribution is 7.08. The third-order valence-corrected chi connectivity index (χ3v) is 6.67. The molecule has 2 aromatic heterocycles. The molecule has 1 atom stereocenters. The van der Waals surface area contributed by atoms with Crippen molar-refractivity contribution in [2.24, 2.45) is 0 Å². The quantitative estimate of drug-likeness (QED) is 0.726. The average Bonchev–Trinajstić information content (AvgIpc) is 3.44. The van der Waals surface area contributed by atoms with Gasteiger partial charge in [-0.2, -0.15) is 0 Å². The van der Waals surface area contributed by atoms with Crippen LogP contribution in [0, 0.1) is 0 Å². The summed E-state index contributed by atoms with van der Waals surface area (Å²) in [7, 11) is 2.07. The van der Waals surface area contributed by atoms with Crippen LogP contribution in [0.5, 0.6) is 0 Å². The van der Waals surface area contributed by atoms with Gasteiger partial charge in [0.15, 0.2) is 0 Å². The largest absolute Gasteiger partial charge is 0.336 e. The Labute approximate surface area is 181 Å². The van der Waals surface area contributed by atoms with Crippen molar-refractivity contribution in [2.45, 2.75) is 38.6 Å². The van der Waals surface area contributed by atoms with E-state index in [1.807, 2.05) is 21.9 Å². The minimum Gasteiger partial charge on any atom is -0.336 e. The smallest absolute Gasteiger partial charge is 0.268 e. The van der Waals surface area contributed by atoms with Gasteiger partial charge in [-0.25, -0.2) is 0 Å². The van der Waals surface area contributed by atoms with Crippen molar-refractivity contribution in [2.75, 3.05) is 39.8 Å². The Kier molecular flexibility index (Phi) is 6.38. The van der Waals surface area contributed by atoms with E-state index in [9.17, 15) is 9.59 Å². The van der Waals surface area contributed by atoms with Gasteiger partial charge in [0.2, 0.25) is 0 Å². The fourth-order valence-electron chi connectivity index (χ4n) is 4.14. The van der Waals surface area contributed by atoms with E-state index in [0.717, 1.165) is 63.3 Å². The number of piperazine rings is 1. The Morgan fingerprint density at radius 3 is 2.63 bits per heavy atom. The zero-order valence-corrected chi connectivity index (χ0v) is 18.4. The zero-order valence-electron chi connectivity index (χ0n) is 17.6. The predicted molar refractivity (Wildman–Crippen MR) is 115 cm³/mol. The summed E-state index contributed by atoms with van der Waals surface area (Å²) < 4.78 is 3.99. The number of rotatable bonds is 5. The summed E-state index contributed by atoms with van der Waals surface area (Å²) in [6.07, 6.45) is 5.17. The number of pyridine rings is 1. The lowest BCUT2D eigenvalue weighted by Crippen LogP contribution is -2.47. The molecule has 2 saturated heterocycles. The molecular weight excluding hydrogens is 400 g/mol. The maximum Gasteiger partial charge on any atom is 0.268 e. The van der Waals surface area contributed by atoms with Crippen LogP contribution in [-0.2, 0) is 6.42 Å². The van der Waals surface area contributed by atoms with E-state index < -0.39 is 0 Å². The van der Waals surface area contributed by atoms with Gasteiger partial charge in [0.1, 0.15) is 4.88 Å². The van der Waals surface area contributed by atoms with Gasteiger partial charge in [0, 0.05) is 38.9 Å². The Balaban J connectivity index is 1.47. The molecule has 2 fully saturated rings. The van der Waals surface area contributed by atoms with Crippen molar-refractivity contribution in [3.05, 3.63) is 40.2 Å². The van der Waals surface area contributed by atoms with Gasteiger partial charge in [-0.05, 0) is 50.0 Å². The fourth-order valence-corrected chi connectivity index (χ4v) is 4.80. The van der Waals surface area contributed by atoms with Crippen LogP contribution in [0.15, 0.2) is 18.3 Å². The van der Waals surface area contributed by atoms with E-state index >= 15 is 0 Å². The minimum absolute atomic E-state index is 0.00432.